The Balaban J connectivity index is 2.40. The molecule has 0 atom stereocenters. The molecule has 0 unspecified atom stereocenters. The van der Waals surface area contributed by atoms with E-state index in [0.717, 1.165) is 16.7 Å². The molecule has 138 valence electrons. The molecule has 0 amide bonds. The first-order valence-electron chi connectivity index (χ1n) is 8.35. The minimum atomic E-state index is -3.65. The van der Waals surface area contributed by atoms with Crippen LogP contribution in [0, 0.1) is 27.7 Å². The first-order valence-corrected chi connectivity index (χ1v) is 9.79. The molecule has 6 heteroatoms. The Hall–Kier alpha value is -1.66. The molecule has 5 nitrogen and oxygen atoms in total. The molecule has 2 aromatic rings. The minimum absolute atomic E-state index is 0.0582. The van der Waals surface area contributed by atoms with Crippen molar-refractivity contribution in [3.8, 4) is 0 Å². The van der Waals surface area contributed by atoms with Gasteiger partial charge < -0.3 is 4.52 Å². The smallest absolute Gasteiger partial charge is 0.248 e. The third-order valence-corrected chi connectivity index (χ3v) is 6.63. The summed E-state index contributed by atoms with van der Waals surface area (Å²) in [5.41, 5.74) is 4.94. The zero-order chi connectivity index (χ0) is 19.2. The number of aryl methyl sites for hydroxylation is 4. The summed E-state index contributed by atoms with van der Waals surface area (Å²) in [5, 5.41) is 3.76. The lowest BCUT2D eigenvalue weighted by molar-refractivity contribution is 0.389. The van der Waals surface area contributed by atoms with E-state index in [1.807, 2.05) is 13.8 Å². The monoisotopic (exact) mass is 364 g/mol. The van der Waals surface area contributed by atoms with Crippen LogP contribution in [0.1, 0.15) is 54.5 Å². The molecule has 0 saturated heterocycles. The van der Waals surface area contributed by atoms with Crippen LogP contribution in [0.5, 0.6) is 0 Å². The van der Waals surface area contributed by atoms with Gasteiger partial charge in [0.2, 0.25) is 10.0 Å². The van der Waals surface area contributed by atoms with E-state index in [1.165, 1.54) is 9.87 Å². The molecular weight excluding hydrogens is 336 g/mol. The second kappa shape index (κ2) is 6.57. The lowest BCUT2D eigenvalue weighted by Gasteiger charge is -2.24. The van der Waals surface area contributed by atoms with E-state index in [4.69, 9.17) is 4.52 Å². The predicted octanol–water partition coefficient (Wildman–Crippen LogP) is 4.03. The number of aromatic nitrogens is 1. The highest BCUT2D eigenvalue weighted by molar-refractivity contribution is 7.89. The standard InChI is InChI=1S/C19H28N2O3S/c1-12-9-16(19(5,6)7)10-13(2)17(12)11-21(8)25(22,23)18-14(3)20-24-15(18)4/h9-10H,11H2,1-8H3. The van der Waals surface area contributed by atoms with Gasteiger partial charge in [-0.3, -0.25) is 0 Å². The Morgan fingerprint density at radius 2 is 1.60 bits per heavy atom. The topological polar surface area (TPSA) is 63.4 Å². The van der Waals surface area contributed by atoms with Crippen LogP contribution in [0.25, 0.3) is 0 Å². The van der Waals surface area contributed by atoms with Crippen LogP contribution >= 0.6 is 0 Å². The molecule has 1 aromatic heterocycles. The van der Waals surface area contributed by atoms with Crippen LogP contribution in [-0.4, -0.2) is 24.9 Å². The number of benzene rings is 1. The van der Waals surface area contributed by atoms with Crippen molar-refractivity contribution in [1.29, 1.82) is 0 Å². The van der Waals surface area contributed by atoms with Crippen LogP contribution in [-0.2, 0) is 22.0 Å². The molecule has 1 aromatic carbocycles. The number of sulfonamides is 1. The predicted molar refractivity (Wildman–Crippen MR) is 99.2 cm³/mol. The summed E-state index contributed by atoms with van der Waals surface area (Å²) >= 11 is 0. The van der Waals surface area contributed by atoms with Gasteiger partial charge in [0.25, 0.3) is 0 Å². The van der Waals surface area contributed by atoms with Gasteiger partial charge in [0, 0.05) is 13.6 Å². The normalized spacial score (nSPS) is 12.8. The zero-order valence-electron chi connectivity index (χ0n) is 16.4. The summed E-state index contributed by atoms with van der Waals surface area (Å²) in [6, 6.07) is 4.30. The summed E-state index contributed by atoms with van der Waals surface area (Å²) in [5.74, 6) is 0.320. The highest BCUT2D eigenvalue weighted by atomic mass is 32.2. The van der Waals surface area contributed by atoms with Gasteiger partial charge >= 0.3 is 0 Å². The van der Waals surface area contributed by atoms with Gasteiger partial charge in [-0.25, -0.2) is 8.42 Å². The molecule has 0 spiro atoms. The number of nitrogens with zero attached hydrogens (tertiary/aromatic N) is 2. The molecule has 0 aliphatic carbocycles. The summed E-state index contributed by atoms with van der Waals surface area (Å²) < 4.78 is 32.2. The van der Waals surface area contributed by atoms with Gasteiger partial charge in [-0.2, -0.15) is 4.31 Å². The molecule has 25 heavy (non-hydrogen) atoms. The molecule has 1 heterocycles. The average Bonchev–Trinajstić information content (AvgIpc) is 2.81. The van der Waals surface area contributed by atoms with Crippen molar-refractivity contribution in [3.05, 3.63) is 45.8 Å². The van der Waals surface area contributed by atoms with E-state index in [2.05, 4.69) is 38.1 Å². The molecule has 2 rings (SSSR count). The SMILES string of the molecule is Cc1cc(C(C)(C)C)cc(C)c1CN(C)S(=O)(=O)c1c(C)noc1C. The Morgan fingerprint density at radius 3 is 2.00 bits per heavy atom. The first kappa shape index (κ1) is 19.7. The van der Waals surface area contributed by atoms with Crippen molar-refractivity contribution >= 4 is 10.0 Å². The maximum atomic E-state index is 12.9. The van der Waals surface area contributed by atoms with E-state index in [0.29, 0.717) is 18.0 Å². The summed E-state index contributed by atoms with van der Waals surface area (Å²) in [6.07, 6.45) is 0. The van der Waals surface area contributed by atoms with E-state index in [-0.39, 0.29) is 10.3 Å². The molecule has 0 aliphatic rings. The van der Waals surface area contributed by atoms with E-state index in [1.54, 1.807) is 20.9 Å². The van der Waals surface area contributed by atoms with Crippen molar-refractivity contribution in [2.45, 2.75) is 65.3 Å². The summed E-state index contributed by atoms with van der Waals surface area (Å²) in [6.45, 7) is 14.2. The van der Waals surface area contributed by atoms with Crippen molar-refractivity contribution in [3.63, 3.8) is 0 Å². The van der Waals surface area contributed by atoms with E-state index < -0.39 is 10.0 Å². The summed E-state index contributed by atoms with van der Waals surface area (Å²) in [7, 11) is -2.06. The Bertz CT molecular complexity index is 847. The fourth-order valence-electron chi connectivity index (χ4n) is 2.98. The first-order chi connectivity index (χ1) is 11.4. The van der Waals surface area contributed by atoms with Crippen LogP contribution in [0.4, 0.5) is 0 Å². The molecule has 0 saturated carbocycles. The molecule has 0 N–H and O–H groups in total. The molecule has 0 aliphatic heterocycles. The van der Waals surface area contributed by atoms with Gasteiger partial charge in [-0.15, -0.1) is 0 Å². The Labute approximate surface area is 151 Å². The molecule has 0 fully saturated rings. The van der Waals surface area contributed by atoms with Crippen LogP contribution in [0.3, 0.4) is 0 Å². The van der Waals surface area contributed by atoms with Crippen molar-refractivity contribution in [1.82, 2.24) is 9.46 Å². The van der Waals surface area contributed by atoms with Crippen LogP contribution < -0.4 is 0 Å². The highest BCUT2D eigenvalue weighted by Crippen LogP contribution is 2.29. The number of hydrogen-bond acceptors (Lipinski definition) is 4. The third kappa shape index (κ3) is 3.80. The Morgan fingerprint density at radius 1 is 1.08 bits per heavy atom. The minimum Gasteiger partial charge on any atom is -0.360 e. The maximum Gasteiger partial charge on any atom is 0.248 e. The fraction of sp³-hybridized carbons (Fsp3) is 0.526. The van der Waals surface area contributed by atoms with Gasteiger partial charge in [0.1, 0.15) is 10.6 Å². The van der Waals surface area contributed by atoms with Gasteiger partial charge in [0.05, 0.1) is 0 Å². The second-order valence-electron chi connectivity index (χ2n) is 7.75. The average molecular weight is 365 g/mol. The fourth-order valence-corrected chi connectivity index (χ4v) is 4.40. The van der Waals surface area contributed by atoms with Crippen molar-refractivity contribution in [2.24, 2.45) is 0 Å². The van der Waals surface area contributed by atoms with Gasteiger partial charge in [0.15, 0.2) is 5.76 Å². The Kier molecular flexibility index (Phi) is 5.17. The zero-order valence-corrected chi connectivity index (χ0v) is 17.2. The van der Waals surface area contributed by atoms with Gasteiger partial charge in [-0.1, -0.05) is 38.1 Å². The maximum absolute atomic E-state index is 12.9. The van der Waals surface area contributed by atoms with Gasteiger partial charge in [-0.05, 0) is 55.4 Å². The van der Waals surface area contributed by atoms with E-state index in [9.17, 15) is 8.42 Å². The van der Waals surface area contributed by atoms with Crippen molar-refractivity contribution < 1.29 is 12.9 Å². The number of hydrogen-bond donors (Lipinski definition) is 0. The lowest BCUT2D eigenvalue weighted by atomic mass is 9.84. The molecule has 0 bridgehead atoms. The summed E-state index contributed by atoms with van der Waals surface area (Å²) in [4.78, 5) is 0.164. The van der Waals surface area contributed by atoms with E-state index >= 15 is 0 Å². The molecule has 0 radical (unpaired) electrons. The highest BCUT2D eigenvalue weighted by Gasteiger charge is 2.29. The molecular formula is C19H28N2O3S. The quantitative estimate of drug-likeness (QED) is 0.822. The second-order valence-corrected chi connectivity index (χ2v) is 9.73. The number of rotatable bonds is 4. The largest absolute Gasteiger partial charge is 0.360 e. The van der Waals surface area contributed by atoms with Crippen molar-refractivity contribution in [2.75, 3.05) is 7.05 Å². The third-order valence-electron chi connectivity index (χ3n) is 4.58. The lowest BCUT2D eigenvalue weighted by Crippen LogP contribution is -2.28. The van der Waals surface area contributed by atoms with Crippen LogP contribution in [0.15, 0.2) is 21.6 Å². The van der Waals surface area contributed by atoms with Crippen LogP contribution in [0.2, 0.25) is 0 Å².